The zero-order valence-electron chi connectivity index (χ0n) is 8.41. The first-order valence-corrected chi connectivity index (χ1v) is 6.57. The lowest BCUT2D eigenvalue weighted by atomic mass is 9.95. The molecule has 0 aliphatic heterocycles. The summed E-state index contributed by atoms with van der Waals surface area (Å²) in [5.41, 5.74) is 0. The highest BCUT2D eigenvalue weighted by atomic mass is 32.1. The van der Waals surface area contributed by atoms with E-state index in [0.717, 1.165) is 24.4 Å². The summed E-state index contributed by atoms with van der Waals surface area (Å²) in [4.78, 5) is 1.48. The van der Waals surface area contributed by atoms with E-state index < -0.39 is 0 Å². The van der Waals surface area contributed by atoms with Crippen LogP contribution in [0.3, 0.4) is 0 Å². The van der Waals surface area contributed by atoms with Crippen molar-refractivity contribution in [1.29, 1.82) is 0 Å². The Labute approximate surface area is 89.5 Å². The fourth-order valence-corrected chi connectivity index (χ4v) is 3.46. The maximum atomic E-state index is 3.73. The second kappa shape index (κ2) is 3.67. The molecule has 14 heavy (non-hydrogen) atoms. The molecule has 1 N–H and O–H groups in total. The molecule has 0 saturated heterocycles. The fraction of sp³-hybridized carbons (Fsp3) is 0.667. The van der Waals surface area contributed by atoms with Gasteiger partial charge < -0.3 is 5.32 Å². The maximum absolute atomic E-state index is 3.73. The van der Waals surface area contributed by atoms with E-state index in [2.05, 4.69) is 22.8 Å². The van der Waals surface area contributed by atoms with E-state index in [-0.39, 0.29) is 0 Å². The van der Waals surface area contributed by atoms with Crippen molar-refractivity contribution in [3.8, 4) is 0 Å². The average molecular weight is 207 g/mol. The van der Waals surface area contributed by atoms with Crippen molar-refractivity contribution in [2.24, 2.45) is 11.8 Å². The molecule has 0 aromatic carbocycles. The van der Waals surface area contributed by atoms with Crippen molar-refractivity contribution in [2.45, 2.75) is 38.3 Å². The van der Waals surface area contributed by atoms with E-state index >= 15 is 0 Å². The van der Waals surface area contributed by atoms with E-state index in [1.165, 1.54) is 30.6 Å². The average Bonchev–Trinajstić information content (AvgIpc) is 2.83. The first-order valence-electron chi connectivity index (χ1n) is 5.69. The Balaban J connectivity index is 1.52. The van der Waals surface area contributed by atoms with Crippen LogP contribution in [0.4, 0.5) is 0 Å². The summed E-state index contributed by atoms with van der Waals surface area (Å²) in [6, 6.07) is 5.20. The molecular weight excluding hydrogens is 190 g/mol. The topological polar surface area (TPSA) is 12.0 Å². The van der Waals surface area contributed by atoms with Gasteiger partial charge in [0, 0.05) is 17.5 Å². The van der Waals surface area contributed by atoms with E-state index in [1.54, 1.807) is 0 Å². The molecule has 1 heterocycles. The lowest BCUT2D eigenvalue weighted by Gasteiger charge is -2.22. The minimum atomic E-state index is 0.829. The highest BCUT2D eigenvalue weighted by Gasteiger charge is 2.44. The summed E-state index contributed by atoms with van der Waals surface area (Å²) in [7, 11) is 0. The van der Waals surface area contributed by atoms with Gasteiger partial charge in [-0.1, -0.05) is 18.9 Å². The van der Waals surface area contributed by atoms with Crippen molar-refractivity contribution >= 4 is 11.3 Å². The maximum Gasteiger partial charge on any atom is 0.0302 e. The predicted octanol–water partition coefficient (Wildman–Crippen LogP) is 3.03. The molecule has 1 nitrogen and oxygen atoms in total. The summed E-state index contributed by atoms with van der Waals surface area (Å²) in [5.74, 6) is 2.12. The summed E-state index contributed by atoms with van der Waals surface area (Å²) in [6.07, 6.45) is 5.86. The third-order valence-corrected chi connectivity index (χ3v) is 4.58. The largest absolute Gasteiger partial charge is 0.309 e. The lowest BCUT2D eigenvalue weighted by Crippen LogP contribution is -2.32. The summed E-state index contributed by atoms with van der Waals surface area (Å²) >= 11 is 1.86. The second-order valence-electron chi connectivity index (χ2n) is 4.66. The van der Waals surface area contributed by atoms with Crippen LogP contribution in [-0.4, -0.2) is 6.04 Å². The number of fused-ring (bicyclic) bond motifs is 1. The van der Waals surface area contributed by atoms with Gasteiger partial charge in [-0.15, -0.1) is 11.3 Å². The van der Waals surface area contributed by atoms with Crippen molar-refractivity contribution < 1.29 is 0 Å². The first kappa shape index (κ1) is 8.93. The molecule has 1 aromatic heterocycles. The minimum Gasteiger partial charge on any atom is -0.309 e. The van der Waals surface area contributed by atoms with Gasteiger partial charge >= 0.3 is 0 Å². The number of hydrogen-bond donors (Lipinski definition) is 1. The van der Waals surface area contributed by atoms with Crippen molar-refractivity contribution in [3.05, 3.63) is 22.4 Å². The molecule has 2 saturated carbocycles. The SMILES string of the molecule is c1csc(CNC2CCCC3CC32)c1. The molecule has 76 valence electrons. The smallest absolute Gasteiger partial charge is 0.0302 e. The Bertz CT molecular complexity index is 293. The van der Waals surface area contributed by atoms with Gasteiger partial charge in [0.05, 0.1) is 0 Å². The van der Waals surface area contributed by atoms with Gasteiger partial charge in [-0.3, -0.25) is 0 Å². The standard InChI is InChI=1S/C12H17NS/c1-3-9-7-11(9)12(5-1)13-8-10-4-2-6-14-10/h2,4,6,9,11-13H,1,3,5,7-8H2. The Hall–Kier alpha value is -0.340. The second-order valence-corrected chi connectivity index (χ2v) is 5.69. The third kappa shape index (κ3) is 1.73. The van der Waals surface area contributed by atoms with Crippen LogP contribution in [0.2, 0.25) is 0 Å². The van der Waals surface area contributed by atoms with Crippen molar-refractivity contribution in [1.82, 2.24) is 5.32 Å². The van der Waals surface area contributed by atoms with Gasteiger partial charge in [-0.2, -0.15) is 0 Å². The Morgan fingerprint density at radius 2 is 2.43 bits per heavy atom. The molecule has 2 fully saturated rings. The highest BCUT2D eigenvalue weighted by molar-refractivity contribution is 7.09. The highest BCUT2D eigenvalue weighted by Crippen LogP contribution is 2.49. The van der Waals surface area contributed by atoms with E-state index in [9.17, 15) is 0 Å². The van der Waals surface area contributed by atoms with Crippen LogP contribution in [0.5, 0.6) is 0 Å². The van der Waals surface area contributed by atoms with Crippen LogP contribution >= 0.6 is 11.3 Å². The normalized spacial score (nSPS) is 35.3. The lowest BCUT2D eigenvalue weighted by molar-refractivity contribution is 0.353. The Kier molecular flexibility index (Phi) is 2.34. The number of nitrogens with one attached hydrogen (secondary N) is 1. The van der Waals surface area contributed by atoms with Crippen LogP contribution in [0.15, 0.2) is 17.5 Å². The van der Waals surface area contributed by atoms with Crippen LogP contribution in [0.25, 0.3) is 0 Å². The fourth-order valence-electron chi connectivity index (χ4n) is 2.81. The summed E-state index contributed by atoms with van der Waals surface area (Å²) < 4.78 is 0. The van der Waals surface area contributed by atoms with Crippen LogP contribution in [-0.2, 0) is 6.54 Å². The number of thiophene rings is 1. The van der Waals surface area contributed by atoms with Gasteiger partial charge in [-0.05, 0) is 36.1 Å². The molecule has 3 unspecified atom stereocenters. The minimum absolute atomic E-state index is 0.829. The molecule has 2 heteroatoms. The molecule has 2 aliphatic carbocycles. The first-order chi connectivity index (χ1) is 6.93. The van der Waals surface area contributed by atoms with Gasteiger partial charge in [0.15, 0.2) is 0 Å². The van der Waals surface area contributed by atoms with Gasteiger partial charge in [0.1, 0.15) is 0 Å². The molecule has 2 aliphatic rings. The summed E-state index contributed by atoms with van der Waals surface area (Å²) in [5, 5.41) is 5.89. The van der Waals surface area contributed by atoms with E-state index in [4.69, 9.17) is 0 Å². The van der Waals surface area contributed by atoms with Crippen LogP contribution in [0, 0.1) is 11.8 Å². The molecule has 0 bridgehead atoms. The van der Waals surface area contributed by atoms with Crippen molar-refractivity contribution in [3.63, 3.8) is 0 Å². The van der Waals surface area contributed by atoms with E-state index in [0.29, 0.717) is 0 Å². The van der Waals surface area contributed by atoms with Crippen molar-refractivity contribution in [2.75, 3.05) is 0 Å². The molecular formula is C12H17NS. The monoisotopic (exact) mass is 207 g/mol. The molecule has 3 atom stereocenters. The third-order valence-electron chi connectivity index (χ3n) is 3.70. The molecule has 3 rings (SSSR count). The molecule has 0 amide bonds. The van der Waals surface area contributed by atoms with Gasteiger partial charge in [0.25, 0.3) is 0 Å². The zero-order chi connectivity index (χ0) is 9.38. The Morgan fingerprint density at radius 1 is 1.43 bits per heavy atom. The molecule has 0 radical (unpaired) electrons. The van der Waals surface area contributed by atoms with Gasteiger partial charge in [-0.25, -0.2) is 0 Å². The van der Waals surface area contributed by atoms with Crippen LogP contribution in [0.1, 0.15) is 30.6 Å². The van der Waals surface area contributed by atoms with Gasteiger partial charge in [0.2, 0.25) is 0 Å². The zero-order valence-corrected chi connectivity index (χ0v) is 9.22. The Morgan fingerprint density at radius 3 is 3.29 bits per heavy atom. The molecule has 1 aromatic rings. The molecule has 0 spiro atoms. The quantitative estimate of drug-likeness (QED) is 0.803. The number of hydrogen-bond acceptors (Lipinski definition) is 2. The van der Waals surface area contributed by atoms with Crippen LogP contribution < -0.4 is 5.32 Å². The van der Waals surface area contributed by atoms with E-state index in [1.807, 2.05) is 11.3 Å². The predicted molar refractivity (Wildman–Crippen MR) is 60.4 cm³/mol. The number of rotatable bonds is 3. The summed E-state index contributed by atoms with van der Waals surface area (Å²) in [6.45, 7) is 1.09.